The van der Waals surface area contributed by atoms with Gasteiger partial charge in [0.25, 0.3) is 0 Å². The average Bonchev–Trinajstić information content (AvgIpc) is 2.57. The molecule has 7 nitrogen and oxygen atoms in total. The molecular weight excluding hydrogens is 360 g/mol. The molecule has 0 aliphatic carbocycles. The molecule has 1 rings (SSSR count). The second-order valence-corrected chi connectivity index (χ2v) is 7.58. The van der Waals surface area contributed by atoms with E-state index in [1.54, 1.807) is 34.6 Å². The number of ketones is 1. The summed E-state index contributed by atoms with van der Waals surface area (Å²) in [6.45, 7) is 9.13. The van der Waals surface area contributed by atoms with Gasteiger partial charge in [-0.2, -0.15) is 0 Å². The van der Waals surface area contributed by atoms with Crippen molar-refractivity contribution in [2.45, 2.75) is 46.8 Å². The zero-order valence-corrected chi connectivity index (χ0v) is 17.3. The number of nitrogens with one attached hydrogen (secondary N) is 1. The molecule has 0 spiro atoms. The number of ether oxygens (including phenoxy) is 2. The Balaban J connectivity index is 2.64. The quantitative estimate of drug-likeness (QED) is 0.685. The van der Waals surface area contributed by atoms with Crippen molar-refractivity contribution >= 4 is 18.0 Å². The van der Waals surface area contributed by atoms with E-state index in [0.717, 1.165) is 11.1 Å². The zero-order valence-electron chi connectivity index (χ0n) is 17.3. The number of carbonyl (C=O) groups excluding carboxylic acids is 3. The number of hydrogen-bond acceptors (Lipinski definition) is 5. The lowest BCUT2D eigenvalue weighted by Crippen LogP contribution is -2.42. The Bertz CT molecular complexity index is 688. The van der Waals surface area contributed by atoms with Crippen LogP contribution in [0.15, 0.2) is 42.0 Å². The van der Waals surface area contributed by atoms with E-state index in [2.05, 4.69) is 5.32 Å². The van der Waals surface area contributed by atoms with Gasteiger partial charge < -0.3 is 14.8 Å². The molecular formula is C21H30N2O5. The molecule has 0 saturated carbocycles. The van der Waals surface area contributed by atoms with E-state index in [0.29, 0.717) is 0 Å². The van der Waals surface area contributed by atoms with Crippen molar-refractivity contribution in [1.29, 1.82) is 0 Å². The Morgan fingerprint density at radius 2 is 1.75 bits per heavy atom. The van der Waals surface area contributed by atoms with Gasteiger partial charge in [-0.15, -0.1) is 0 Å². The number of rotatable bonds is 8. The van der Waals surface area contributed by atoms with E-state index in [4.69, 9.17) is 9.47 Å². The third-order valence-electron chi connectivity index (χ3n) is 3.31. The van der Waals surface area contributed by atoms with Gasteiger partial charge in [-0.1, -0.05) is 35.9 Å². The fourth-order valence-corrected chi connectivity index (χ4v) is 2.21. The molecule has 0 aliphatic rings. The summed E-state index contributed by atoms with van der Waals surface area (Å²) in [6, 6.07) is 9.26. The highest BCUT2D eigenvalue weighted by Crippen LogP contribution is 2.07. The molecule has 2 amide bonds. The molecule has 28 heavy (non-hydrogen) atoms. The molecule has 0 unspecified atom stereocenters. The van der Waals surface area contributed by atoms with Gasteiger partial charge in [-0.3, -0.25) is 9.69 Å². The molecule has 0 atom stereocenters. The lowest BCUT2D eigenvalue weighted by Gasteiger charge is -2.23. The Kier molecular flexibility index (Phi) is 9.21. The van der Waals surface area contributed by atoms with Crippen molar-refractivity contribution in [3.8, 4) is 0 Å². The smallest absolute Gasteiger partial charge is 0.410 e. The van der Waals surface area contributed by atoms with Crippen molar-refractivity contribution in [3.63, 3.8) is 0 Å². The standard InChI is InChI=1S/C21H30N2O5/c1-16(2)13-18(24)14-23(12-11-22-19(25)28-21(3,4)5)20(26)27-15-17-9-7-6-8-10-17/h6-10,13H,11-12,14-15H2,1-5H3,(H,22,25). The number of allylic oxidation sites excluding steroid dienone is 1. The topological polar surface area (TPSA) is 84.9 Å². The third kappa shape index (κ3) is 10.4. The van der Waals surface area contributed by atoms with Gasteiger partial charge in [0.15, 0.2) is 5.78 Å². The van der Waals surface area contributed by atoms with Gasteiger partial charge in [0.1, 0.15) is 12.2 Å². The first-order valence-corrected chi connectivity index (χ1v) is 9.17. The number of hydrogen-bond donors (Lipinski definition) is 1. The monoisotopic (exact) mass is 390 g/mol. The maximum Gasteiger partial charge on any atom is 0.410 e. The second-order valence-electron chi connectivity index (χ2n) is 7.58. The maximum atomic E-state index is 12.4. The summed E-state index contributed by atoms with van der Waals surface area (Å²) in [4.78, 5) is 37.5. The highest BCUT2D eigenvalue weighted by atomic mass is 16.6. The fraction of sp³-hybridized carbons (Fsp3) is 0.476. The SMILES string of the molecule is CC(C)=CC(=O)CN(CCNC(=O)OC(C)(C)C)C(=O)OCc1ccccc1. The summed E-state index contributed by atoms with van der Waals surface area (Å²) >= 11 is 0. The van der Waals surface area contributed by atoms with E-state index >= 15 is 0 Å². The summed E-state index contributed by atoms with van der Waals surface area (Å²) in [5.74, 6) is -0.214. The first-order chi connectivity index (χ1) is 13.1. The molecule has 0 aliphatic heterocycles. The zero-order chi connectivity index (χ0) is 21.2. The van der Waals surface area contributed by atoms with Crippen LogP contribution < -0.4 is 5.32 Å². The average molecular weight is 390 g/mol. The summed E-state index contributed by atoms with van der Waals surface area (Å²) < 4.78 is 10.5. The highest BCUT2D eigenvalue weighted by molar-refractivity contribution is 5.93. The molecule has 7 heteroatoms. The predicted molar refractivity (Wildman–Crippen MR) is 107 cm³/mol. The van der Waals surface area contributed by atoms with Crippen LogP contribution in [0.25, 0.3) is 0 Å². The molecule has 0 saturated heterocycles. The van der Waals surface area contributed by atoms with Crippen molar-refractivity contribution in [3.05, 3.63) is 47.5 Å². The van der Waals surface area contributed by atoms with Crippen LogP contribution in [-0.2, 0) is 20.9 Å². The van der Waals surface area contributed by atoms with E-state index in [1.807, 2.05) is 30.3 Å². The van der Waals surface area contributed by atoms with Crippen molar-refractivity contribution in [2.24, 2.45) is 0 Å². The van der Waals surface area contributed by atoms with Gasteiger partial charge in [-0.25, -0.2) is 9.59 Å². The summed E-state index contributed by atoms with van der Waals surface area (Å²) in [5.41, 5.74) is 1.07. The molecule has 1 aromatic rings. The van der Waals surface area contributed by atoms with Crippen LogP contribution in [0.5, 0.6) is 0 Å². The molecule has 0 radical (unpaired) electrons. The van der Waals surface area contributed by atoms with Gasteiger partial charge >= 0.3 is 12.2 Å². The summed E-state index contributed by atoms with van der Waals surface area (Å²) in [5, 5.41) is 2.58. The van der Waals surface area contributed by atoms with E-state index in [9.17, 15) is 14.4 Å². The number of amides is 2. The number of alkyl carbamates (subject to hydrolysis) is 1. The molecule has 0 bridgehead atoms. The minimum atomic E-state index is -0.620. The Morgan fingerprint density at radius 3 is 2.32 bits per heavy atom. The lowest BCUT2D eigenvalue weighted by atomic mass is 10.2. The van der Waals surface area contributed by atoms with Gasteiger partial charge in [0, 0.05) is 13.1 Å². The van der Waals surface area contributed by atoms with Crippen LogP contribution >= 0.6 is 0 Å². The van der Waals surface area contributed by atoms with Crippen LogP contribution in [0, 0.1) is 0 Å². The minimum absolute atomic E-state index is 0.104. The number of nitrogens with zero attached hydrogens (tertiary/aromatic N) is 1. The number of carbonyl (C=O) groups is 3. The van der Waals surface area contributed by atoms with Crippen molar-refractivity contribution < 1.29 is 23.9 Å². The minimum Gasteiger partial charge on any atom is -0.445 e. The normalized spacial score (nSPS) is 10.6. The maximum absolute atomic E-state index is 12.4. The molecule has 0 fully saturated rings. The first-order valence-electron chi connectivity index (χ1n) is 9.17. The van der Waals surface area contributed by atoms with Crippen LogP contribution in [0.1, 0.15) is 40.2 Å². The first kappa shape index (κ1) is 23.2. The predicted octanol–water partition coefficient (Wildman–Crippen LogP) is 3.69. The Labute approximate surface area is 166 Å². The molecule has 1 N–H and O–H groups in total. The summed E-state index contributed by atoms with van der Waals surface area (Å²) in [7, 11) is 0. The van der Waals surface area contributed by atoms with Gasteiger partial charge in [0.2, 0.25) is 0 Å². The van der Waals surface area contributed by atoms with Crippen LogP contribution in [-0.4, -0.2) is 48.1 Å². The Hall–Kier alpha value is -2.83. The van der Waals surface area contributed by atoms with Crippen LogP contribution in [0.2, 0.25) is 0 Å². The molecule has 154 valence electrons. The lowest BCUT2D eigenvalue weighted by molar-refractivity contribution is -0.115. The van der Waals surface area contributed by atoms with Crippen LogP contribution in [0.4, 0.5) is 9.59 Å². The van der Waals surface area contributed by atoms with Crippen LogP contribution in [0.3, 0.4) is 0 Å². The van der Waals surface area contributed by atoms with Crippen molar-refractivity contribution in [1.82, 2.24) is 10.2 Å². The van der Waals surface area contributed by atoms with E-state index < -0.39 is 17.8 Å². The Morgan fingerprint density at radius 1 is 1.11 bits per heavy atom. The summed E-state index contributed by atoms with van der Waals surface area (Å²) in [6.07, 6.45) is 0.268. The second kappa shape index (κ2) is 11.1. The third-order valence-corrected chi connectivity index (χ3v) is 3.31. The molecule has 0 aromatic heterocycles. The van der Waals surface area contributed by atoms with E-state index in [1.165, 1.54) is 11.0 Å². The van der Waals surface area contributed by atoms with Crippen molar-refractivity contribution in [2.75, 3.05) is 19.6 Å². The fourth-order valence-electron chi connectivity index (χ4n) is 2.21. The van der Waals surface area contributed by atoms with Gasteiger partial charge in [0.05, 0.1) is 6.54 Å². The van der Waals surface area contributed by atoms with Gasteiger partial charge in [-0.05, 0) is 46.3 Å². The highest BCUT2D eigenvalue weighted by Gasteiger charge is 2.19. The molecule has 1 aromatic carbocycles. The molecule has 0 heterocycles. The largest absolute Gasteiger partial charge is 0.445 e. The number of benzene rings is 1. The van der Waals surface area contributed by atoms with E-state index in [-0.39, 0.29) is 32.0 Å².